The Kier molecular flexibility index (Phi) is 3.63. The fraction of sp³-hybridized carbons (Fsp3) is 0.273. The predicted molar refractivity (Wildman–Crippen MR) is 61.4 cm³/mol. The third-order valence-electron chi connectivity index (χ3n) is 2.29. The minimum atomic E-state index is -0.999. The van der Waals surface area contributed by atoms with Gasteiger partial charge in [-0.15, -0.1) is 0 Å². The minimum Gasteiger partial charge on any atom is -0.399 e. The van der Waals surface area contributed by atoms with Gasteiger partial charge in [0.15, 0.2) is 5.78 Å². The van der Waals surface area contributed by atoms with E-state index in [4.69, 9.17) is 17.2 Å². The van der Waals surface area contributed by atoms with Crippen LogP contribution in [0.2, 0.25) is 0 Å². The highest BCUT2D eigenvalue weighted by atomic mass is 16.2. The molecule has 0 spiro atoms. The van der Waals surface area contributed by atoms with Crippen LogP contribution in [0.5, 0.6) is 0 Å². The van der Waals surface area contributed by atoms with Crippen molar-refractivity contribution in [1.29, 1.82) is 0 Å². The Bertz CT molecular complexity index is 398. The van der Waals surface area contributed by atoms with Gasteiger partial charge in [0, 0.05) is 5.69 Å². The van der Waals surface area contributed by atoms with E-state index in [1.165, 1.54) is 6.92 Å². The van der Waals surface area contributed by atoms with Crippen LogP contribution in [0.1, 0.15) is 18.4 Å². The molecule has 5 nitrogen and oxygen atoms in total. The van der Waals surface area contributed by atoms with Gasteiger partial charge in [0.2, 0.25) is 5.91 Å². The van der Waals surface area contributed by atoms with Crippen molar-refractivity contribution < 1.29 is 9.59 Å². The number of amides is 1. The standard InChI is InChI=1S/C11H15N3O2/c1-6(12)10(15)9(11(14)16)7-2-4-8(13)5-3-7/h2-6,9H,12-13H2,1H3,(H2,14,16)/t6-,9-/m0/s1. The molecule has 0 saturated heterocycles. The maximum atomic E-state index is 11.7. The van der Waals surface area contributed by atoms with Crippen LogP contribution >= 0.6 is 0 Å². The first-order valence-corrected chi connectivity index (χ1v) is 4.87. The van der Waals surface area contributed by atoms with Gasteiger partial charge in [0.1, 0.15) is 5.92 Å². The van der Waals surface area contributed by atoms with Gasteiger partial charge in [-0.2, -0.15) is 0 Å². The summed E-state index contributed by atoms with van der Waals surface area (Å²) in [6.07, 6.45) is 0. The summed E-state index contributed by atoms with van der Waals surface area (Å²) in [6.45, 7) is 1.52. The third kappa shape index (κ3) is 2.58. The van der Waals surface area contributed by atoms with Gasteiger partial charge in [-0.3, -0.25) is 9.59 Å². The molecule has 0 aliphatic heterocycles. The van der Waals surface area contributed by atoms with Crippen LogP contribution in [0.4, 0.5) is 5.69 Å². The molecule has 0 radical (unpaired) electrons. The molecule has 1 amide bonds. The highest BCUT2D eigenvalue weighted by molar-refractivity contribution is 6.08. The van der Waals surface area contributed by atoms with Crippen molar-refractivity contribution >= 4 is 17.4 Å². The molecule has 0 aromatic heterocycles. The molecule has 1 aromatic carbocycles. The zero-order valence-electron chi connectivity index (χ0n) is 9.01. The number of hydrogen-bond donors (Lipinski definition) is 3. The first-order chi connectivity index (χ1) is 7.43. The Hall–Kier alpha value is -1.88. The molecule has 0 unspecified atom stereocenters. The third-order valence-corrected chi connectivity index (χ3v) is 2.29. The number of nitrogens with two attached hydrogens (primary N) is 3. The van der Waals surface area contributed by atoms with Crippen LogP contribution < -0.4 is 17.2 Å². The molecule has 2 atom stereocenters. The van der Waals surface area contributed by atoms with Crippen molar-refractivity contribution in [3.05, 3.63) is 29.8 Å². The second-order valence-electron chi connectivity index (χ2n) is 3.69. The summed E-state index contributed by atoms with van der Waals surface area (Å²) in [4.78, 5) is 23.0. The molecule has 0 aliphatic rings. The summed E-state index contributed by atoms with van der Waals surface area (Å²) in [5.74, 6) is -2.09. The molecule has 0 heterocycles. The molecule has 0 aliphatic carbocycles. The van der Waals surface area contributed by atoms with Gasteiger partial charge in [-0.25, -0.2) is 0 Å². The van der Waals surface area contributed by atoms with E-state index in [2.05, 4.69) is 0 Å². The summed E-state index contributed by atoms with van der Waals surface area (Å²) >= 11 is 0. The van der Waals surface area contributed by atoms with Crippen LogP contribution in [-0.4, -0.2) is 17.7 Å². The van der Waals surface area contributed by atoms with E-state index in [-0.39, 0.29) is 0 Å². The Morgan fingerprint density at radius 2 is 1.69 bits per heavy atom. The number of hydrogen-bond acceptors (Lipinski definition) is 4. The lowest BCUT2D eigenvalue weighted by atomic mass is 9.91. The van der Waals surface area contributed by atoms with Crippen molar-refractivity contribution in [1.82, 2.24) is 0 Å². The fourth-order valence-electron chi connectivity index (χ4n) is 1.42. The number of rotatable bonds is 4. The lowest BCUT2D eigenvalue weighted by molar-refractivity contribution is -0.129. The highest BCUT2D eigenvalue weighted by Gasteiger charge is 2.28. The molecule has 0 fully saturated rings. The molecule has 1 aromatic rings. The highest BCUT2D eigenvalue weighted by Crippen LogP contribution is 2.19. The number of carbonyl (C=O) groups excluding carboxylic acids is 2. The molecule has 5 heteroatoms. The second-order valence-corrected chi connectivity index (χ2v) is 3.69. The Morgan fingerprint density at radius 1 is 1.19 bits per heavy atom. The summed E-state index contributed by atoms with van der Waals surface area (Å²) in [6, 6.07) is 5.70. The smallest absolute Gasteiger partial charge is 0.232 e. The average molecular weight is 221 g/mol. The van der Waals surface area contributed by atoms with Crippen LogP contribution in [0.25, 0.3) is 0 Å². The number of anilines is 1. The molecule has 0 bridgehead atoms. The van der Waals surface area contributed by atoms with Crippen molar-refractivity contribution in [3.8, 4) is 0 Å². The largest absolute Gasteiger partial charge is 0.399 e. The van der Waals surface area contributed by atoms with Crippen molar-refractivity contribution in [2.24, 2.45) is 11.5 Å². The number of Topliss-reactive ketones (excluding diaryl/α,β-unsaturated/α-hetero) is 1. The summed E-state index contributed by atoms with van der Waals surface area (Å²) in [5.41, 5.74) is 17.2. The van der Waals surface area contributed by atoms with E-state index in [0.29, 0.717) is 11.3 Å². The second kappa shape index (κ2) is 4.76. The number of ketones is 1. The van der Waals surface area contributed by atoms with Gasteiger partial charge in [0.25, 0.3) is 0 Å². The quantitative estimate of drug-likeness (QED) is 0.480. The summed E-state index contributed by atoms with van der Waals surface area (Å²) in [7, 11) is 0. The summed E-state index contributed by atoms with van der Waals surface area (Å²) < 4.78 is 0. The molecule has 1 rings (SSSR count). The van der Waals surface area contributed by atoms with E-state index in [0.717, 1.165) is 0 Å². The van der Waals surface area contributed by atoms with E-state index in [9.17, 15) is 9.59 Å². The maximum Gasteiger partial charge on any atom is 0.232 e. The van der Waals surface area contributed by atoms with Gasteiger partial charge >= 0.3 is 0 Å². The minimum absolute atomic E-state index is 0.391. The monoisotopic (exact) mass is 221 g/mol. The number of carbonyl (C=O) groups is 2. The van der Waals surface area contributed by atoms with Crippen LogP contribution in [0.3, 0.4) is 0 Å². The lowest BCUT2D eigenvalue weighted by Crippen LogP contribution is -2.38. The molecule has 0 saturated carbocycles. The Balaban J connectivity index is 3.08. The van der Waals surface area contributed by atoms with Crippen LogP contribution in [0, 0.1) is 0 Å². The molecular weight excluding hydrogens is 206 g/mol. The Morgan fingerprint density at radius 3 is 2.06 bits per heavy atom. The van der Waals surface area contributed by atoms with Crippen LogP contribution in [-0.2, 0) is 9.59 Å². The SMILES string of the molecule is C[C@H](N)C(=O)[C@@H](C(N)=O)c1ccc(N)cc1. The van der Waals surface area contributed by atoms with Gasteiger partial charge in [-0.1, -0.05) is 12.1 Å². The first-order valence-electron chi connectivity index (χ1n) is 4.87. The number of nitrogen functional groups attached to an aromatic ring is 1. The van der Waals surface area contributed by atoms with Gasteiger partial charge in [-0.05, 0) is 24.6 Å². The number of primary amides is 1. The van der Waals surface area contributed by atoms with E-state index >= 15 is 0 Å². The normalized spacial score (nSPS) is 14.1. The fourth-order valence-corrected chi connectivity index (χ4v) is 1.42. The molecular formula is C11H15N3O2. The summed E-state index contributed by atoms with van der Waals surface area (Å²) in [5, 5.41) is 0. The lowest BCUT2D eigenvalue weighted by Gasteiger charge is -2.15. The van der Waals surface area contributed by atoms with E-state index in [1.807, 2.05) is 0 Å². The first kappa shape index (κ1) is 12.2. The van der Waals surface area contributed by atoms with Crippen molar-refractivity contribution in [2.45, 2.75) is 18.9 Å². The number of benzene rings is 1. The van der Waals surface area contributed by atoms with Crippen LogP contribution in [0.15, 0.2) is 24.3 Å². The zero-order valence-corrected chi connectivity index (χ0v) is 9.01. The molecule has 16 heavy (non-hydrogen) atoms. The average Bonchev–Trinajstić information content (AvgIpc) is 2.20. The maximum absolute atomic E-state index is 11.7. The topological polar surface area (TPSA) is 112 Å². The van der Waals surface area contributed by atoms with E-state index < -0.39 is 23.7 Å². The van der Waals surface area contributed by atoms with E-state index in [1.54, 1.807) is 24.3 Å². The molecule has 6 N–H and O–H groups in total. The van der Waals surface area contributed by atoms with Gasteiger partial charge in [0.05, 0.1) is 6.04 Å². The Labute approximate surface area is 93.6 Å². The van der Waals surface area contributed by atoms with Crippen molar-refractivity contribution in [3.63, 3.8) is 0 Å². The zero-order chi connectivity index (χ0) is 12.3. The predicted octanol–water partition coefficient (Wildman–Crippen LogP) is -0.246. The van der Waals surface area contributed by atoms with Crippen molar-refractivity contribution in [2.75, 3.05) is 5.73 Å². The van der Waals surface area contributed by atoms with Gasteiger partial charge < -0.3 is 17.2 Å². The molecule has 86 valence electrons.